The van der Waals surface area contributed by atoms with Gasteiger partial charge in [0, 0.05) is 18.7 Å². The second-order valence-electron chi connectivity index (χ2n) is 6.17. The van der Waals surface area contributed by atoms with Crippen LogP contribution >= 0.6 is 0 Å². The summed E-state index contributed by atoms with van der Waals surface area (Å²) in [6, 6.07) is 10.5. The summed E-state index contributed by atoms with van der Waals surface area (Å²) in [7, 11) is -5.93. The lowest BCUT2D eigenvalue weighted by Crippen LogP contribution is -2.28. The van der Waals surface area contributed by atoms with Gasteiger partial charge in [0.1, 0.15) is 0 Å². The summed E-state index contributed by atoms with van der Waals surface area (Å²) in [6.45, 7) is 3.66. The Kier molecular flexibility index (Phi) is 6.94. The van der Waals surface area contributed by atoms with Crippen molar-refractivity contribution in [3.05, 3.63) is 53.6 Å². The highest BCUT2D eigenvalue weighted by molar-refractivity contribution is 7.89. The number of anilines is 1. The van der Waals surface area contributed by atoms with Gasteiger partial charge in [-0.3, -0.25) is 4.79 Å². The van der Waals surface area contributed by atoms with E-state index in [-0.39, 0.29) is 22.8 Å². The van der Waals surface area contributed by atoms with E-state index in [1.807, 2.05) is 13.8 Å². The number of sulfonamides is 2. The van der Waals surface area contributed by atoms with Gasteiger partial charge in [-0.2, -0.15) is 0 Å². The van der Waals surface area contributed by atoms with Gasteiger partial charge in [0.25, 0.3) is 0 Å². The van der Waals surface area contributed by atoms with Crippen molar-refractivity contribution >= 4 is 31.6 Å². The van der Waals surface area contributed by atoms with Crippen LogP contribution < -0.4 is 14.8 Å². The summed E-state index contributed by atoms with van der Waals surface area (Å²) in [5, 5.41) is 2.59. The lowest BCUT2D eigenvalue weighted by Gasteiger charge is -2.09. The van der Waals surface area contributed by atoms with Crippen LogP contribution in [0.15, 0.2) is 52.3 Å². The third-order valence-electron chi connectivity index (χ3n) is 4.15. The maximum Gasteiger partial charge on any atom is 0.240 e. The molecule has 2 aromatic carbocycles. The van der Waals surface area contributed by atoms with E-state index < -0.39 is 26.0 Å². The van der Waals surface area contributed by atoms with E-state index in [0.29, 0.717) is 5.69 Å². The Morgan fingerprint density at radius 1 is 0.857 bits per heavy atom. The monoisotopic (exact) mass is 425 g/mol. The van der Waals surface area contributed by atoms with E-state index in [9.17, 15) is 21.6 Å². The van der Waals surface area contributed by atoms with Crippen LogP contribution in [0.3, 0.4) is 0 Å². The molecule has 2 aromatic rings. The molecule has 28 heavy (non-hydrogen) atoms. The van der Waals surface area contributed by atoms with Crippen LogP contribution in [0.1, 0.15) is 17.5 Å². The van der Waals surface area contributed by atoms with Crippen LogP contribution in [-0.2, 0) is 24.8 Å². The third kappa shape index (κ3) is 5.61. The number of aryl methyl sites for hydroxylation is 2. The molecule has 2 rings (SSSR count). The van der Waals surface area contributed by atoms with Crippen molar-refractivity contribution < 1.29 is 21.6 Å². The fraction of sp³-hybridized carbons (Fsp3) is 0.278. The number of hydrogen-bond acceptors (Lipinski definition) is 5. The number of amides is 1. The summed E-state index contributed by atoms with van der Waals surface area (Å²) in [4.78, 5) is 12.2. The molecule has 3 N–H and O–H groups in total. The predicted octanol–water partition coefficient (Wildman–Crippen LogP) is 1.52. The van der Waals surface area contributed by atoms with Crippen LogP contribution in [0.25, 0.3) is 0 Å². The summed E-state index contributed by atoms with van der Waals surface area (Å²) >= 11 is 0. The van der Waals surface area contributed by atoms with Gasteiger partial charge < -0.3 is 5.32 Å². The Hall–Kier alpha value is -2.27. The van der Waals surface area contributed by atoms with Crippen LogP contribution in [-0.4, -0.2) is 36.3 Å². The van der Waals surface area contributed by atoms with Gasteiger partial charge in [-0.15, -0.1) is 0 Å². The highest BCUT2D eigenvalue weighted by Crippen LogP contribution is 2.15. The molecule has 8 nitrogen and oxygen atoms in total. The number of carbonyl (C=O) groups is 1. The van der Waals surface area contributed by atoms with Crippen LogP contribution in [0.2, 0.25) is 0 Å². The Bertz CT molecular complexity index is 1060. The first kappa shape index (κ1) is 22.0. The Balaban J connectivity index is 1.91. The number of hydrogen-bond donors (Lipinski definition) is 3. The minimum atomic E-state index is -3.70. The molecule has 0 bridgehead atoms. The number of carbonyl (C=O) groups excluding carboxylic acids is 1. The van der Waals surface area contributed by atoms with E-state index in [2.05, 4.69) is 14.8 Å². The Morgan fingerprint density at radius 3 is 2.04 bits per heavy atom. The first-order valence-electron chi connectivity index (χ1n) is 8.45. The maximum absolute atomic E-state index is 12.3. The lowest BCUT2D eigenvalue weighted by molar-refractivity contribution is -0.116. The summed E-state index contributed by atoms with van der Waals surface area (Å²) < 4.78 is 52.5. The van der Waals surface area contributed by atoms with Gasteiger partial charge in [0.2, 0.25) is 26.0 Å². The van der Waals surface area contributed by atoms with E-state index in [4.69, 9.17) is 0 Å². The molecule has 10 heteroatoms. The molecule has 0 radical (unpaired) electrons. The summed E-state index contributed by atoms with van der Waals surface area (Å²) in [6.07, 6.45) is -0.0688. The minimum absolute atomic E-state index is 0.0622. The minimum Gasteiger partial charge on any atom is -0.326 e. The first-order valence-corrected chi connectivity index (χ1v) is 11.4. The van der Waals surface area contributed by atoms with Crippen molar-refractivity contribution in [3.8, 4) is 0 Å². The van der Waals surface area contributed by atoms with Gasteiger partial charge in [0.15, 0.2) is 0 Å². The van der Waals surface area contributed by atoms with Crippen molar-refractivity contribution in [3.63, 3.8) is 0 Å². The van der Waals surface area contributed by atoms with Crippen molar-refractivity contribution in [1.82, 2.24) is 9.44 Å². The molecule has 152 valence electrons. The summed E-state index contributed by atoms with van der Waals surface area (Å²) in [5.74, 6) is -0.396. The highest BCUT2D eigenvalue weighted by atomic mass is 32.2. The topological polar surface area (TPSA) is 121 Å². The molecular formula is C18H23N3O5S2. The van der Waals surface area contributed by atoms with Crippen LogP contribution in [0, 0.1) is 13.8 Å². The quantitative estimate of drug-likeness (QED) is 0.592. The number of nitrogens with one attached hydrogen (secondary N) is 3. The van der Waals surface area contributed by atoms with Crippen molar-refractivity contribution in [2.24, 2.45) is 0 Å². The molecule has 0 spiro atoms. The van der Waals surface area contributed by atoms with Crippen molar-refractivity contribution in [2.45, 2.75) is 30.1 Å². The number of rotatable bonds is 8. The van der Waals surface area contributed by atoms with Gasteiger partial charge in [-0.1, -0.05) is 6.07 Å². The average molecular weight is 426 g/mol. The van der Waals surface area contributed by atoms with Crippen molar-refractivity contribution in [2.75, 3.05) is 18.9 Å². The van der Waals surface area contributed by atoms with Crippen LogP contribution in [0.5, 0.6) is 0 Å². The zero-order valence-corrected chi connectivity index (χ0v) is 17.4. The fourth-order valence-electron chi connectivity index (χ4n) is 2.32. The Labute approximate surface area is 165 Å². The third-order valence-corrected chi connectivity index (χ3v) is 7.04. The van der Waals surface area contributed by atoms with Gasteiger partial charge in [-0.25, -0.2) is 26.3 Å². The second-order valence-corrected chi connectivity index (χ2v) is 9.83. The van der Waals surface area contributed by atoms with E-state index in [0.717, 1.165) is 11.1 Å². The fourth-order valence-corrected chi connectivity index (χ4v) is 4.17. The SMILES string of the molecule is CNS(=O)(=O)c1ccc(NC(=O)CCNS(=O)(=O)c2ccc(C)c(C)c2)cc1. The van der Waals surface area contributed by atoms with Gasteiger partial charge in [0.05, 0.1) is 9.79 Å². The molecule has 0 saturated heterocycles. The molecule has 1 amide bonds. The van der Waals surface area contributed by atoms with Crippen LogP contribution in [0.4, 0.5) is 5.69 Å². The molecule has 0 heterocycles. The maximum atomic E-state index is 12.3. The molecule has 0 aromatic heterocycles. The summed E-state index contributed by atoms with van der Waals surface area (Å²) in [5.41, 5.74) is 2.27. The standard InChI is InChI=1S/C18H23N3O5S2/c1-13-4-7-17(12-14(13)2)28(25,26)20-11-10-18(22)21-15-5-8-16(9-6-15)27(23,24)19-3/h4-9,12,19-20H,10-11H2,1-3H3,(H,21,22). The second kappa shape index (κ2) is 8.82. The molecule has 0 unspecified atom stereocenters. The lowest BCUT2D eigenvalue weighted by atomic mass is 10.1. The molecule has 0 atom stereocenters. The van der Waals surface area contributed by atoms with Gasteiger partial charge >= 0.3 is 0 Å². The molecule has 0 saturated carbocycles. The molecule has 0 aliphatic rings. The molecular weight excluding hydrogens is 402 g/mol. The first-order chi connectivity index (χ1) is 13.0. The molecule has 0 aliphatic carbocycles. The zero-order chi connectivity index (χ0) is 20.9. The molecule has 0 fully saturated rings. The van der Waals surface area contributed by atoms with E-state index in [1.165, 1.54) is 37.4 Å². The Morgan fingerprint density at radius 2 is 1.46 bits per heavy atom. The highest BCUT2D eigenvalue weighted by Gasteiger charge is 2.15. The average Bonchev–Trinajstić information content (AvgIpc) is 2.64. The van der Waals surface area contributed by atoms with E-state index >= 15 is 0 Å². The molecule has 0 aliphatic heterocycles. The largest absolute Gasteiger partial charge is 0.326 e. The zero-order valence-electron chi connectivity index (χ0n) is 15.8. The van der Waals surface area contributed by atoms with E-state index in [1.54, 1.807) is 12.1 Å². The smallest absolute Gasteiger partial charge is 0.240 e. The van der Waals surface area contributed by atoms with Gasteiger partial charge in [-0.05, 0) is 68.4 Å². The van der Waals surface area contributed by atoms with Crippen molar-refractivity contribution in [1.29, 1.82) is 0 Å². The predicted molar refractivity (Wildman–Crippen MR) is 107 cm³/mol. The number of benzene rings is 2. The normalized spacial score (nSPS) is 12.0.